The standard InChI is InChI=1S/C19H24N2O5/c1-13-9-15(10-14(2)18(13)26-12-17(22)24-3)11-20-6-7-21-19(23)16-5-4-8-25-16/h4-5,8-10,20H,6-7,11-12H2,1-3H3,(H,21,23). The minimum Gasteiger partial charge on any atom is -0.481 e. The third-order valence-corrected chi connectivity index (χ3v) is 3.74. The van der Waals surface area contributed by atoms with Crippen molar-refractivity contribution in [3.8, 4) is 5.75 Å². The van der Waals surface area contributed by atoms with E-state index in [9.17, 15) is 9.59 Å². The fraction of sp³-hybridized carbons (Fsp3) is 0.368. The van der Waals surface area contributed by atoms with Crippen molar-refractivity contribution in [2.45, 2.75) is 20.4 Å². The Morgan fingerprint density at radius 2 is 1.88 bits per heavy atom. The van der Waals surface area contributed by atoms with E-state index in [0.29, 0.717) is 31.1 Å². The van der Waals surface area contributed by atoms with Gasteiger partial charge in [0.15, 0.2) is 12.4 Å². The molecule has 1 aromatic carbocycles. The quantitative estimate of drug-likeness (QED) is 0.525. The molecule has 2 N–H and O–H groups in total. The van der Waals surface area contributed by atoms with E-state index in [2.05, 4.69) is 15.4 Å². The Hall–Kier alpha value is -2.80. The van der Waals surface area contributed by atoms with Gasteiger partial charge >= 0.3 is 5.97 Å². The highest BCUT2D eigenvalue weighted by Gasteiger charge is 2.10. The maximum Gasteiger partial charge on any atom is 0.343 e. The number of hydrogen-bond acceptors (Lipinski definition) is 6. The molecule has 0 unspecified atom stereocenters. The summed E-state index contributed by atoms with van der Waals surface area (Å²) in [4.78, 5) is 22.9. The van der Waals surface area contributed by atoms with Crippen molar-refractivity contribution >= 4 is 11.9 Å². The van der Waals surface area contributed by atoms with Gasteiger partial charge in [0.25, 0.3) is 5.91 Å². The Labute approximate surface area is 152 Å². The van der Waals surface area contributed by atoms with E-state index in [1.165, 1.54) is 13.4 Å². The van der Waals surface area contributed by atoms with Crippen LogP contribution in [0.4, 0.5) is 0 Å². The van der Waals surface area contributed by atoms with Gasteiger partial charge in [-0.05, 0) is 42.7 Å². The number of carbonyl (C=O) groups excluding carboxylic acids is 2. The molecule has 7 nitrogen and oxygen atoms in total. The molecular weight excluding hydrogens is 336 g/mol. The molecule has 1 aromatic heterocycles. The monoisotopic (exact) mass is 360 g/mol. The molecule has 0 saturated carbocycles. The van der Waals surface area contributed by atoms with E-state index >= 15 is 0 Å². The number of esters is 1. The van der Waals surface area contributed by atoms with Crippen LogP contribution in [0.3, 0.4) is 0 Å². The molecule has 0 aliphatic heterocycles. The van der Waals surface area contributed by atoms with E-state index < -0.39 is 5.97 Å². The number of aryl methyl sites for hydroxylation is 2. The third-order valence-electron chi connectivity index (χ3n) is 3.74. The van der Waals surface area contributed by atoms with Gasteiger partial charge in [0.05, 0.1) is 13.4 Å². The van der Waals surface area contributed by atoms with Crippen LogP contribution in [0.5, 0.6) is 5.75 Å². The summed E-state index contributed by atoms with van der Waals surface area (Å²) in [5, 5.41) is 6.05. The van der Waals surface area contributed by atoms with Gasteiger partial charge in [-0.25, -0.2) is 4.79 Å². The maximum atomic E-state index is 11.7. The number of benzene rings is 1. The van der Waals surface area contributed by atoms with Crippen LogP contribution in [0.15, 0.2) is 34.9 Å². The first-order chi connectivity index (χ1) is 12.5. The number of carbonyl (C=O) groups is 2. The Bertz CT molecular complexity index is 717. The van der Waals surface area contributed by atoms with Crippen LogP contribution in [0.1, 0.15) is 27.2 Å². The fourth-order valence-corrected chi connectivity index (χ4v) is 2.55. The van der Waals surface area contributed by atoms with Crippen molar-refractivity contribution in [2.75, 3.05) is 26.8 Å². The lowest BCUT2D eigenvalue weighted by molar-refractivity contribution is -0.142. The van der Waals surface area contributed by atoms with E-state index in [4.69, 9.17) is 9.15 Å². The van der Waals surface area contributed by atoms with Crippen molar-refractivity contribution in [3.63, 3.8) is 0 Å². The van der Waals surface area contributed by atoms with Gasteiger partial charge in [-0.2, -0.15) is 0 Å². The molecule has 2 aromatic rings. The smallest absolute Gasteiger partial charge is 0.343 e. The average Bonchev–Trinajstić information content (AvgIpc) is 3.15. The van der Waals surface area contributed by atoms with Gasteiger partial charge in [0.2, 0.25) is 0 Å². The molecule has 1 heterocycles. The van der Waals surface area contributed by atoms with Crippen LogP contribution in [-0.2, 0) is 16.1 Å². The van der Waals surface area contributed by atoms with E-state index in [0.717, 1.165) is 16.7 Å². The predicted octanol–water partition coefficient (Wildman–Crippen LogP) is 1.97. The fourth-order valence-electron chi connectivity index (χ4n) is 2.55. The SMILES string of the molecule is COC(=O)COc1c(C)cc(CNCCNC(=O)c2ccco2)cc1C. The number of amides is 1. The van der Waals surface area contributed by atoms with E-state index in [-0.39, 0.29) is 12.5 Å². The lowest BCUT2D eigenvalue weighted by atomic mass is 10.1. The van der Waals surface area contributed by atoms with Gasteiger partial charge in [-0.15, -0.1) is 0 Å². The zero-order chi connectivity index (χ0) is 18.9. The summed E-state index contributed by atoms with van der Waals surface area (Å²) in [6.45, 7) is 5.56. The molecule has 0 spiro atoms. The highest BCUT2D eigenvalue weighted by molar-refractivity contribution is 5.91. The zero-order valence-electron chi connectivity index (χ0n) is 15.3. The number of nitrogens with one attached hydrogen (secondary N) is 2. The molecule has 1 amide bonds. The molecule has 0 aliphatic carbocycles. The number of ether oxygens (including phenoxy) is 2. The summed E-state index contributed by atoms with van der Waals surface area (Å²) in [7, 11) is 1.33. The van der Waals surface area contributed by atoms with Gasteiger partial charge in [0, 0.05) is 19.6 Å². The normalized spacial score (nSPS) is 10.4. The number of methoxy groups -OCH3 is 1. The molecule has 140 valence electrons. The Kier molecular flexibility index (Phi) is 7.23. The van der Waals surface area contributed by atoms with Crippen LogP contribution in [0.2, 0.25) is 0 Å². The lowest BCUT2D eigenvalue weighted by Crippen LogP contribution is -2.31. The first-order valence-electron chi connectivity index (χ1n) is 8.33. The van der Waals surface area contributed by atoms with Crippen molar-refractivity contribution in [2.24, 2.45) is 0 Å². The Morgan fingerprint density at radius 3 is 2.50 bits per heavy atom. The van der Waals surface area contributed by atoms with Gasteiger partial charge in [-0.1, -0.05) is 12.1 Å². The molecule has 26 heavy (non-hydrogen) atoms. The van der Waals surface area contributed by atoms with Gasteiger partial charge in [-0.3, -0.25) is 4.79 Å². The van der Waals surface area contributed by atoms with E-state index in [1.807, 2.05) is 26.0 Å². The molecule has 0 bridgehead atoms. The van der Waals surface area contributed by atoms with Crippen molar-refractivity contribution < 1.29 is 23.5 Å². The molecule has 0 aliphatic rings. The molecule has 0 radical (unpaired) electrons. The lowest BCUT2D eigenvalue weighted by Gasteiger charge is -2.14. The molecule has 2 rings (SSSR count). The summed E-state index contributed by atoms with van der Waals surface area (Å²) < 4.78 is 15.1. The summed E-state index contributed by atoms with van der Waals surface area (Å²) in [5.74, 6) is 0.366. The van der Waals surface area contributed by atoms with Crippen molar-refractivity contribution in [3.05, 3.63) is 53.0 Å². The molecule has 0 fully saturated rings. The summed E-state index contributed by atoms with van der Waals surface area (Å²) in [6, 6.07) is 7.32. The third kappa shape index (κ3) is 5.63. The first kappa shape index (κ1) is 19.5. The molecule has 0 atom stereocenters. The van der Waals surface area contributed by atoms with Crippen LogP contribution >= 0.6 is 0 Å². The second-order valence-corrected chi connectivity index (χ2v) is 5.83. The second-order valence-electron chi connectivity index (χ2n) is 5.83. The van der Waals surface area contributed by atoms with Crippen LogP contribution < -0.4 is 15.4 Å². The second kappa shape index (κ2) is 9.62. The Balaban J connectivity index is 1.77. The summed E-state index contributed by atoms with van der Waals surface area (Å²) >= 11 is 0. The molecule has 0 saturated heterocycles. The Morgan fingerprint density at radius 1 is 1.15 bits per heavy atom. The average molecular weight is 360 g/mol. The zero-order valence-corrected chi connectivity index (χ0v) is 15.3. The number of rotatable bonds is 9. The minimum atomic E-state index is -0.411. The topological polar surface area (TPSA) is 89.8 Å². The minimum absolute atomic E-state index is 0.106. The van der Waals surface area contributed by atoms with Crippen molar-refractivity contribution in [1.29, 1.82) is 0 Å². The first-order valence-corrected chi connectivity index (χ1v) is 8.33. The maximum absolute atomic E-state index is 11.7. The largest absolute Gasteiger partial charge is 0.481 e. The highest BCUT2D eigenvalue weighted by atomic mass is 16.6. The van der Waals surface area contributed by atoms with Gasteiger partial charge < -0.3 is 24.5 Å². The number of hydrogen-bond donors (Lipinski definition) is 2. The molecular formula is C19H24N2O5. The van der Waals surface area contributed by atoms with E-state index in [1.54, 1.807) is 12.1 Å². The predicted molar refractivity (Wildman–Crippen MR) is 96.2 cm³/mol. The highest BCUT2D eigenvalue weighted by Crippen LogP contribution is 2.24. The van der Waals surface area contributed by atoms with Crippen LogP contribution in [0.25, 0.3) is 0 Å². The number of furan rings is 1. The van der Waals surface area contributed by atoms with Crippen LogP contribution in [0, 0.1) is 13.8 Å². The summed E-state index contributed by atoms with van der Waals surface area (Å²) in [5.41, 5.74) is 3.01. The van der Waals surface area contributed by atoms with Gasteiger partial charge in [0.1, 0.15) is 5.75 Å². The molecule has 7 heteroatoms. The van der Waals surface area contributed by atoms with Crippen molar-refractivity contribution in [1.82, 2.24) is 10.6 Å². The van der Waals surface area contributed by atoms with Crippen LogP contribution in [-0.4, -0.2) is 38.7 Å². The summed E-state index contributed by atoms with van der Waals surface area (Å²) in [6.07, 6.45) is 1.47.